The van der Waals surface area contributed by atoms with Crippen LogP contribution in [0.15, 0.2) is 59.7 Å². The molecule has 0 heterocycles. The summed E-state index contributed by atoms with van der Waals surface area (Å²) in [5, 5.41) is 3.89. The van der Waals surface area contributed by atoms with E-state index in [2.05, 4.69) is 22.7 Å². The van der Waals surface area contributed by atoms with Crippen LogP contribution < -0.4 is 10.3 Å². The van der Waals surface area contributed by atoms with Crippen LogP contribution in [0.2, 0.25) is 0 Å². The molecule has 24 heavy (non-hydrogen) atoms. The van der Waals surface area contributed by atoms with Gasteiger partial charge in [0.1, 0.15) is 0 Å². The molecular weight excluding hydrogens is 318 g/mol. The highest BCUT2D eigenvalue weighted by molar-refractivity contribution is 7.99. The molecule has 0 aliphatic heterocycles. The van der Waals surface area contributed by atoms with Crippen LogP contribution in [-0.2, 0) is 10.5 Å². The number of hydrogen-bond donors (Lipinski definition) is 1. The lowest BCUT2D eigenvalue weighted by Crippen LogP contribution is -2.27. The van der Waals surface area contributed by atoms with E-state index in [4.69, 9.17) is 0 Å². The monoisotopic (exact) mass is 341 g/mol. The predicted molar refractivity (Wildman–Crippen MR) is 104 cm³/mol. The van der Waals surface area contributed by atoms with E-state index in [0.717, 1.165) is 17.0 Å². The molecule has 0 saturated heterocycles. The smallest absolute Gasteiger partial charge is 0.252 e. The molecule has 0 bridgehead atoms. The molecule has 0 aromatic heterocycles. The predicted octanol–water partition coefficient (Wildman–Crippen LogP) is 3.52. The van der Waals surface area contributed by atoms with Crippen LogP contribution >= 0.6 is 11.8 Å². The zero-order valence-corrected chi connectivity index (χ0v) is 15.1. The molecule has 0 saturated carbocycles. The fourth-order valence-corrected chi connectivity index (χ4v) is 2.83. The average Bonchev–Trinajstić information content (AvgIpc) is 2.61. The Kier molecular flexibility index (Phi) is 6.88. The minimum Gasteiger partial charge on any atom is -0.378 e. The Morgan fingerprint density at radius 2 is 1.83 bits per heavy atom. The van der Waals surface area contributed by atoms with Crippen LogP contribution in [0.25, 0.3) is 0 Å². The Balaban J connectivity index is 1.79. The largest absolute Gasteiger partial charge is 0.378 e. The molecule has 126 valence electrons. The van der Waals surface area contributed by atoms with Crippen molar-refractivity contribution in [2.75, 3.05) is 19.0 Å². The van der Waals surface area contributed by atoms with Gasteiger partial charge in [0, 0.05) is 25.5 Å². The molecule has 2 rings (SSSR count). The van der Waals surface area contributed by atoms with Gasteiger partial charge >= 0.3 is 0 Å². The van der Waals surface area contributed by atoms with Gasteiger partial charge in [0.15, 0.2) is 0 Å². The van der Waals surface area contributed by atoms with Crippen molar-refractivity contribution >= 4 is 29.6 Å². The van der Waals surface area contributed by atoms with Gasteiger partial charge in [-0.3, -0.25) is 4.79 Å². The number of nitrogens with one attached hydrogen (secondary N) is 1. The zero-order valence-electron chi connectivity index (χ0n) is 14.3. The van der Waals surface area contributed by atoms with E-state index in [1.165, 1.54) is 5.56 Å². The van der Waals surface area contributed by atoms with Crippen molar-refractivity contribution in [2.45, 2.75) is 17.9 Å². The van der Waals surface area contributed by atoms with E-state index in [1.54, 1.807) is 18.0 Å². The summed E-state index contributed by atoms with van der Waals surface area (Å²) in [7, 11) is 4.00. The van der Waals surface area contributed by atoms with E-state index >= 15 is 0 Å². The summed E-state index contributed by atoms with van der Waals surface area (Å²) < 4.78 is 0. The lowest BCUT2D eigenvalue weighted by molar-refractivity contribution is -0.120. The lowest BCUT2D eigenvalue weighted by atomic mass is 10.2. The van der Waals surface area contributed by atoms with Crippen LogP contribution in [0, 0.1) is 0 Å². The molecule has 1 N–H and O–H groups in total. The highest BCUT2D eigenvalue weighted by Gasteiger charge is 2.12. The van der Waals surface area contributed by atoms with Crippen LogP contribution in [-0.4, -0.2) is 31.5 Å². The highest BCUT2D eigenvalue weighted by atomic mass is 32.2. The molecule has 5 heteroatoms. The maximum absolute atomic E-state index is 12.0. The normalized spacial score (nSPS) is 12.1. The number of amides is 1. The van der Waals surface area contributed by atoms with Gasteiger partial charge in [-0.1, -0.05) is 42.5 Å². The minimum atomic E-state index is -0.154. The molecule has 4 nitrogen and oxygen atoms in total. The number of nitrogens with zero attached hydrogens (tertiary/aromatic N) is 2. The molecule has 0 aliphatic carbocycles. The van der Waals surface area contributed by atoms with E-state index in [9.17, 15) is 4.79 Å². The number of hydrazone groups is 1. The van der Waals surface area contributed by atoms with E-state index in [-0.39, 0.29) is 11.2 Å². The number of anilines is 1. The number of hydrogen-bond acceptors (Lipinski definition) is 4. The molecule has 0 fully saturated rings. The van der Waals surface area contributed by atoms with Crippen molar-refractivity contribution in [3.8, 4) is 0 Å². The standard InChI is InChI=1S/C19H23N3OS/c1-15(24-14-17-7-5-4-6-8-17)19(23)21-20-13-16-9-11-18(12-10-16)22(2)3/h4-13,15H,14H2,1-3H3,(H,21,23)/b20-13-/t15-/m1/s1. The summed E-state index contributed by atoms with van der Waals surface area (Å²) in [4.78, 5) is 14.1. The number of carbonyl (C=O) groups is 1. The number of carbonyl (C=O) groups excluding carboxylic acids is 1. The molecular formula is C19H23N3OS. The van der Waals surface area contributed by atoms with Crippen LogP contribution in [0.3, 0.4) is 0 Å². The third-order valence-corrected chi connectivity index (χ3v) is 4.72. The van der Waals surface area contributed by atoms with Crippen LogP contribution in [0.5, 0.6) is 0 Å². The van der Waals surface area contributed by atoms with Crippen LogP contribution in [0.1, 0.15) is 18.1 Å². The molecule has 1 amide bonds. The first-order valence-electron chi connectivity index (χ1n) is 7.82. The maximum atomic E-state index is 12.0. The molecule has 2 aromatic rings. The third-order valence-electron chi connectivity index (χ3n) is 3.51. The lowest BCUT2D eigenvalue weighted by Gasteiger charge is -2.11. The molecule has 0 aliphatic rings. The van der Waals surface area contributed by atoms with Gasteiger partial charge in [-0.25, -0.2) is 5.43 Å². The maximum Gasteiger partial charge on any atom is 0.252 e. The number of thioether (sulfide) groups is 1. The SMILES string of the molecule is C[C@@H](SCc1ccccc1)C(=O)N/N=C\c1ccc(N(C)C)cc1. The topological polar surface area (TPSA) is 44.7 Å². The Hall–Kier alpha value is -2.27. The minimum absolute atomic E-state index is 0.0860. The van der Waals surface area contributed by atoms with Crippen molar-refractivity contribution in [3.63, 3.8) is 0 Å². The second-order valence-corrected chi connectivity index (χ2v) is 6.99. The Morgan fingerprint density at radius 1 is 1.17 bits per heavy atom. The third kappa shape index (κ3) is 5.74. The molecule has 0 spiro atoms. The fourth-order valence-electron chi connectivity index (χ4n) is 1.99. The van der Waals surface area contributed by atoms with Gasteiger partial charge < -0.3 is 4.90 Å². The van der Waals surface area contributed by atoms with Gasteiger partial charge in [0.2, 0.25) is 0 Å². The fraction of sp³-hybridized carbons (Fsp3) is 0.263. The second kappa shape index (κ2) is 9.13. The summed E-state index contributed by atoms with van der Waals surface area (Å²) in [6, 6.07) is 18.1. The molecule has 0 radical (unpaired) electrons. The van der Waals surface area contributed by atoms with Crippen molar-refractivity contribution in [3.05, 3.63) is 65.7 Å². The van der Waals surface area contributed by atoms with Crippen molar-refractivity contribution in [1.82, 2.24) is 5.43 Å². The average molecular weight is 341 g/mol. The van der Waals surface area contributed by atoms with Crippen molar-refractivity contribution < 1.29 is 4.79 Å². The first kappa shape index (κ1) is 18.1. The first-order valence-corrected chi connectivity index (χ1v) is 8.87. The van der Waals surface area contributed by atoms with Gasteiger partial charge in [0.05, 0.1) is 11.5 Å². The summed E-state index contributed by atoms with van der Waals surface area (Å²) in [5.74, 6) is 0.725. The summed E-state index contributed by atoms with van der Waals surface area (Å²) >= 11 is 1.60. The van der Waals surface area contributed by atoms with Crippen LogP contribution in [0.4, 0.5) is 5.69 Å². The molecule has 0 unspecified atom stereocenters. The van der Waals surface area contributed by atoms with E-state index < -0.39 is 0 Å². The van der Waals surface area contributed by atoms with Gasteiger partial charge in [-0.15, -0.1) is 11.8 Å². The van der Waals surface area contributed by atoms with E-state index in [1.807, 2.05) is 68.4 Å². The molecule has 2 aromatic carbocycles. The number of benzene rings is 2. The highest BCUT2D eigenvalue weighted by Crippen LogP contribution is 2.17. The quantitative estimate of drug-likeness (QED) is 0.619. The van der Waals surface area contributed by atoms with Gasteiger partial charge in [-0.2, -0.15) is 5.10 Å². The summed E-state index contributed by atoms with van der Waals surface area (Å²) in [6.45, 7) is 1.89. The second-order valence-electron chi connectivity index (χ2n) is 5.66. The number of rotatable bonds is 7. The molecule has 1 atom stereocenters. The van der Waals surface area contributed by atoms with Crippen molar-refractivity contribution in [2.24, 2.45) is 5.10 Å². The summed E-state index contributed by atoms with van der Waals surface area (Å²) in [6.07, 6.45) is 1.66. The van der Waals surface area contributed by atoms with E-state index in [0.29, 0.717) is 0 Å². The first-order chi connectivity index (χ1) is 11.6. The van der Waals surface area contributed by atoms with Gasteiger partial charge in [-0.05, 0) is 30.2 Å². The Morgan fingerprint density at radius 3 is 2.46 bits per heavy atom. The zero-order chi connectivity index (χ0) is 17.4. The van der Waals surface area contributed by atoms with Crippen molar-refractivity contribution in [1.29, 1.82) is 0 Å². The van der Waals surface area contributed by atoms with Gasteiger partial charge in [0.25, 0.3) is 5.91 Å². The Labute approximate surface area is 148 Å². The Bertz CT molecular complexity index is 669. The summed E-state index contributed by atoms with van der Waals surface area (Å²) in [5.41, 5.74) is 5.89.